The molecule has 7 nitrogen and oxygen atoms in total. The van der Waals surface area contributed by atoms with Crippen LogP contribution in [0.1, 0.15) is 5.56 Å². The van der Waals surface area contributed by atoms with Crippen molar-refractivity contribution in [2.24, 2.45) is 5.14 Å². The molecule has 0 bridgehead atoms. The van der Waals surface area contributed by atoms with Gasteiger partial charge in [-0.3, -0.25) is 0 Å². The van der Waals surface area contributed by atoms with Crippen molar-refractivity contribution in [1.82, 2.24) is 4.72 Å². The number of nitrogen functional groups attached to an aromatic ring is 1. The van der Waals surface area contributed by atoms with Crippen molar-refractivity contribution in [1.29, 1.82) is 0 Å². The number of rotatable bonds is 5. The second-order valence-electron chi connectivity index (χ2n) is 3.76. The fourth-order valence-corrected chi connectivity index (χ4v) is 3.33. The molecule has 0 radical (unpaired) electrons. The molecule has 102 valence electrons. The maximum absolute atomic E-state index is 11.9. The van der Waals surface area contributed by atoms with Crippen LogP contribution in [0.5, 0.6) is 0 Å². The minimum atomic E-state index is -3.84. The summed E-state index contributed by atoms with van der Waals surface area (Å²) >= 11 is 0. The molecule has 0 unspecified atom stereocenters. The van der Waals surface area contributed by atoms with E-state index in [0.717, 1.165) is 0 Å². The number of hydrogen-bond acceptors (Lipinski definition) is 5. The van der Waals surface area contributed by atoms with E-state index in [1.54, 1.807) is 19.1 Å². The first-order valence-electron chi connectivity index (χ1n) is 4.99. The highest BCUT2D eigenvalue weighted by Crippen LogP contribution is 2.21. The smallest absolute Gasteiger partial charge is 0.242 e. The molecule has 0 heterocycles. The van der Waals surface area contributed by atoms with Gasteiger partial charge in [0.1, 0.15) is 4.90 Å². The summed E-state index contributed by atoms with van der Waals surface area (Å²) in [5.41, 5.74) is 6.20. The Balaban J connectivity index is 2.94. The molecule has 0 aliphatic carbocycles. The van der Waals surface area contributed by atoms with Gasteiger partial charge in [-0.05, 0) is 18.6 Å². The largest absolute Gasteiger partial charge is 0.398 e. The molecule has 5 N–H and O–H groups in total. The summed E-state index contributed by atoms with van der Waals surface area (Å²) < 4.78 is 47.4. The number of aryl methyl sites for hydroxylation is 1. The Morgan fingerprint density at radius 1 is 1.22 bits per heavy atom. The lowest BCUT2D eigenvalue weighted by Crippen LogP contribution is -2.32. The fourth-order valence-electron chi connectivity index (χ4n) is 1.43. The molecule has 0 fully saturated rings. The third-order valence-corrected chi connectivity index (χ3v) is 4.64. The quantitative estimate of drug-likeness (QED) is 0.608. The van der Waals surface area contributed by atoms with Crippen LogP contribution >= 0.6 is 0 Å². The molecule has 18 heavy (non-hydrogen) atoms. The summed E-state index contributed by atoms with van der Waals surface area (Å²) in [4.78, 5) is -0.0422. The van der Waals surface area contributed by atoms with Gasteiger partial charge in [-0.15, -0.1) is 0 Å². The van der Waals surface area contributed by atoms with E-state index in [0.29, 0.717) is 5.56 Å². The highest BCUT2D eigenvalue weighted by molar-refractivity contribution is 7.90. The van der Waals surface area contributed by atoms with Crippen molar-refractivity contribution in [2.45, 2.75) is 11.8 Å². The SMILES string of the molecule is Cc1cccc(N)c1S(=O)(=O)NCCS(N)(=O)=O. The lowest BCUT2D eigenvalue weighted by Gasteiger charge is -2.11. The van der Waals surface area contributed by atoms with Crippen LogP contribution in [0, 0.1) is 6.92 Å². The minimum absolute atomic E-state index is 0.0422. The zero-order valence-corrected chi connectivity index (χ0v) is 11.4. The molecule has 1 aromatic carbocycles. The van der Waals surface area contributed by atoms with Crippen LogP contribution < -0.4 is 15.6 Å². The van der Waals surface area contributed by atoms with Crippen molar-refractivity contribution >= 4 is 25.7 Å². The maximum atomic E-state index is 11.9. The van der Waals surface area contributed by atoms with Gasteiger partial charge in [-0.25, -0.2) is 26.7 Å². The van der Waals surface area contributed by atoms with Crippen molar-refractivity contribution in [3.63, 3.8) is 0 Å². The first kappa shape index (κ1) is 14.9. The van der Waals surface area contributed by atoms with Gasteiger partial charge in [0.15, 0.2) is 0 Å². The number of nitrogens with two attached hydrogens (primary N) is 2. The average molecular weight is 293 g/mol. The van der Waals surface area contributed by atoms with Gasteiger partial charge < -0.3 is 5.73 Å². The summed E-state index contributed by atoms with van der Waals surface area (Å²) in [7, 11) is -7.55. The number of nitrogens with one attached hydrogen (secondary N) is 1. The van der Waals surface area contributed by atoms with E-state index in [1.807, 2.05) is 0 Å². The van der Waals surface area contributed by atoms with Crippen LogP contribution in [-0.4, -0.2) is 29.1 Å². The minimum Gasteiger partial charge on any atom is -0.398 e. The average Bonchev–Trinajstić information content (AvgIpc) is 2.13. The van der Waals surface area contributed by atoms with Crippen molar-refractivity contribution in [2.75, 3.05) is 18.0 Å². The fraction of sp³-hybridized carbons (Fsp3) is 0.333. The highest BCUT2D eigenvalue weighted by atomic mass is 32.2. The Bertz CT molecular complexity index is 618. The Kier molecular flexibility index (Phi) is 4.32. The molecule has 9 heteroatoms. The molecule has 0 amide bonds. The monoisotopic (exact) mass is 293 g/mol. The molecule has 0 aromatic heterocycles. The summed E-state index contributed by atoms with van der Waals surface area (Å²) in [5.74, 6) is -0.474. The lowest BCUT2D eigenvalue weighted by atomic mass is 10.2. The Hall–Kier alpha value is -1.16. The molecule has 0 saturated carbocycles. The second kappa shape index (κ2) is 5.22. The van der Waals surface area contributed by atoms with Crippen LogP contribution in [-0.2, 0) is 20.0 Å². The van der Waals surface area contributed by atoms with Gasteiger partial charge in [0.2, 0.25) is 20.0 Å². The third kappa shape index (κ3) is 3.95. The number of hydrogen-bond donors (Lipinski definition) is 3. The first-order valence-corrected chi connectivity index (χ1v) is 8.18. The van der Waals surface area contributed by atoms with Crippen LogP contribution in [0.2, 0.25) is 0 Å². The van der Waals surface area contributed by atoms with Gasteiger partial charge in [0, 0.05) is 6.54 Å². The molecular weight excluding hydrogens is 278 g/mol. The predicted octanol–water partition coefficient (Wildman–Crippen LogP) is -0.856. The topological polar surface area (TPSA) is 132 Å². The van der Waals surface area contributed by atoms with Crippen LogP contribution in [0.4, 0.5) is 5.69 Å². The van der Waals surface area contributed by atoms with Crippen molar-refractivity contribution in [3.8, 4) is 0 Å². The summed E-state index contributed by atoms with van der Waals surface area (Å²) in [6.45, 7) is 1.31. The first-order chi connectivity index (χ1) is 8.13. The Morgan fingerprint density at radius 3 is 2.33 bits per heavy atom. The standard InChI is InChI=1S/C9H15N3O4S2/c1-7-3-2-4-8(10)9(7)18(15,16)12-5-6-17(11,13)14/h2-4,12H,5-6,10H2,1H3,(H2,11,13,14). The molecule has 0 saturated heterocycles. The second-order valence-corrected chi connectivity index (χ2v) is 7.20. The number of benzene rings is 1. The van der Waals surface area contributed by atoms with Gasteiger partial charge in [-0.2, -0.15) is 0 Å². The van der Waals surface area contributed by atoms with Crippen molar-refractivity contribution in [3.05, 3.63) is 23.8 Å². The molecule has 1 rings (SSSR count). The van der Waals surface area contributed by atoms with E-state index in [9.17, 15) is 16.8 Å². The van der Waals surface area contributed by atoms with Gasteiger partial charge in [0.05, 0.1) is 11.4 Å². The molecule has 1 aromatic rings. The predicted molar refractivity (Wildman–Crippen MR) is 68.8 cm³/mol. The highest BCUT2D eigenvalue weighted by Gasteiger charge is 2.19. The molecule has 0 aliphatic heterocycles. The number of sulfonamides is 2. The van der Waals surface area contributed by atoms with E-state index in [4.69, 9.17) is 10.9 Å². The van der Waals surface area contributed by atoms with Gasteiger partial charge in [-0.1, -0.05) is 12.1 Å². The van der Waals surface area contributed by atoms with Gasteiger partial charge >= 0.3 is 0 Å². The lowest BCUT2D eigenvalue weighted by molar-refractivity contribution is 0.581. The number of anilines is 1. The molecule has 0 spiro atoms. The summed E-state index contributed by atoms with van der Waals surface area (Å²) in [6.07, 6.45) is 0. The third-order valence-electron chi connectivity index (χ3n) is 2.19. The summed E-state index contributed by atoms with van der Waals surface area (Å²) in [6, 6.07) is 4.69. The zero-order valence-electron chi connectivity index (χ0n) is 9.75. The van der Waals surface area contributed by atoms with E-state index in [1.165, 1.54) is 6.07 Å². The molecular formula is C9H15N3O4S2. The van der Waals surface area contributed by atoms with E-state index < -0.39 is 25.8 Å². The van der Waals surface area contributed by atoms with Gasteiger partial charge in [0.25, 0.3) is 0 Å². The zero-order chi connectivity index (χ0) is 14.0. The summed E-state index contributed by atoms with van der Waals surface area (Å²) in [5, 5.41) is 4.78. The Labute approximate surface area is 106 Å². The van der Waals surface area contributed by atoms with E-state index in [-0.39, 0.29) is 17.1 Å². The van der Waals surface area contributed by atoms with Crippen LogP contribution in [0.25, 0.3) is 0 Å². The molecule has 0 aliphatic rings. The van der Waals surface area contributed by atoms with Crippen LogP contribution in [0.15, 0.2) is 23.1 Å². The van der Waals surface area contributed by atoms with E-state index >= 15 is 0 Å². The number of primary sulfonamides is 1. The molecule has 0 atom stereocenters. The van der Waals surface area contributed by atoms with Crippen molar-refractivity contribution < 1.29 is 16.8 Å². The Morgan fingerprint density at radius 2 is 1.83 bits per heavy atom. The normalized spacial score (nSPS) is 12.6. The van der Waals surface area contributed by atoms with Crippen LogP contribution in [0.3, 0.4) is 0 Å². The maximum Gasteiger partial charge on any atom is 0.242 e. The van der Waals surface area contributed by atoms with E-state index in [2.05, 4.69) is 4.72 Å².